The third-order valence-electron chi connectivity index (χ3n) is 14.3. The lowest BCUT2D eigenvalue weighted by Gasteiger charge is -2.52. The van der Waals surface area contributed by atoms with Gasteiger partial charge in [-0.25, -0.2) is 9.59 Å². The molecule has 0 aromatic rings. The van der Waals surface area contributed by atoms with Crippen LogP contribution in [0.4, 0.5) is 0 Å². The van der Waals surface area contributed by atoms with Crippen LogP contribution in [0.2, 0.25) is 0 Å². The standard InChI is InChI=1S/C40H60BO14/c1-21-15-17-31-37(5,6)29(42)13-9-11-26-20-28(24(4)47-26)49-36(45)34-40-22(2)16-18-32(51-40)38(7,8)30(43)14-10-12-25-19-27(23(3)46-25)48-35(44)33-39(21,50-31)54-41(52-33,53-34)55-40/h9-12,21-34,42-43H,13-20H2,1-8H3/q-1/b11-9+,12-10+/t21-,22-,23-,24?,25-,26-,27+,28+,29-,30-,31+,32+,33+,34+,39+,40+,41?/m1/s1. The van der Waals surface area contributed by atoms with Gasteiger partial charge in [0.1, 0.15) is 12.2 Å². The largest absolute Gasteiger partial charge is 0.536 e. The molecule has 0 aromatic carbocycles. The fourth-order valence-electron chi connectivity index (χ4n) is 10.1. The van der Waals surface area contributed by atoms with E-state index < -0.39 is 114 Å². The quantitative estimate of drug-likeness (QED) is 0.205. The maximum atomic E-state index is 14.6. The summed E-state index contributed by atoms with van der Waals surface area (Å²) in [6.45, 7) is 11.8. The van der Waals surface area contributed by atoms with Crippen LogP contribution in [0.5, 0.6) is 0 Å². The third kappa shape index (κ3) is 6.66. The first-order chi connectivity index (χ1) is 25.9. The van der Waals surface area contributed by atoms with Crippen molar-refractivity contribution in [1.82, 2.24) is 0 Å². The SMILES string of the molecule is CC1O[C@@H]2/C=C/C[C@@H](O)C(C)(C)[C@@H]3CC[C@@H](C)[C@]4(O3)O[B-]35O[C@@H](C(=O)O[C@H]1C2)[C@@]1(O[C@@H](CC[C@H]1C)C(C)(C)[C@H](O)C/C=C/[C@@H]1C[C@H](OC(=O)[C@@H]4O3)[C@@H](C)O1)O5. The second kappa shape index (κ2) is 14.1. The highest BCUT2D eigenvalue weighted by Gasteiger charge is 2.73. The van der Waals surface area contributed by atoms with Gasteiger partial charge in [0, 0.05) is 35.5 Å². The maximum Gasteiger partial charge on any atom is 0.536 e. The minimum atomic E-state index is -3.42. The second-order valence-corrected chi connectivity index (χ2v) is 18.6. The average molecular weight is 776 g/mol. The Bertz CT molecular complexity index is 1440. The Hall–Kier alpha value is -1.92. The first-order valence-electron chi connectivity index (χ1n) is 20.5. The van der Waals surface area contributed by atoms with Crippen LogP contribution in [0.3, 0.4) is 0 Å². The second-order valence-electron chi connectivity index (χ2n) is 18.6. The molecule has 8 heterocycles. The number of rotatable bonds is 0. The van der Waals surface area contributed by atoms with Gasteiger partial charge in [-0.05, 0) is 52.4 Å². The van der Waals surface area contributed by atoms with Crippen LogP contribution in [0.15, 0.2) is 24.3 Å². The molecule has 8 aliphatic heterocycles. The first-order valence-corrected chi connectivity index (χ1v) is 20.5. The number of ether oxygens (including phenoxy) is 6. The number of esters is 2. The number of hydrogen-bond acceptors (Lipinski definition) is 14. The van der Waals surface area contributed by atoms with Crippen molar-refractivity contribution in [2.75, 3.05) is 0 Å². The van der Waals surface area contributed by atoms with Gasteiger partial charge in [0.2, 0.25) is 0 Å². The van der Waals surface area contributed by atoms with Crippen LogP contribution in [0.1, 0.15) is 107 Å². The molecule has 17 atom stereocenters. The summed E-state index contributed by atoms with van der Waals surface area (Å²) in [6, 6.07) is 0. The van der Waals surface area contributed by atoms with Gasteiger partial charge in [0.25, 0.3) is 0 Å². The summed E-state index contributed by atoms with van der Waals surface area (Å²) in [5.41, 5.74) is -1.64. The Morgan fingerprint density at radius 3 is 1.44 bits per heavy atom. The van der Waals surface area contributed by atoms with Crippen LogP contribution in [0.25, 0.3) is 0 Å². The molecule has 6 fully saturated rings. The molecule has 8 rings (SSSR count). The van der Waals surface area contributed by atoms with Crippen molar-refractivity contribution in [1.29, 1.82) is 0 Å². The molecule has 2 N–H and O–H groups in total. The van der Waals surface area contributed by atoms with Crippen LogP contribution >= 0.6 is 0 Å². The van der Waals surface area contributed by atoms with Gasteiger partial charge in [-0.1, -0.05) is 65.8 Å². The fourth-order valence-corrected chi connectivity index (χ4v) is 10.1. The number of aliphatic hydroxyl groups is 2. The van der Waals surface area contributed by atoms with Crippen LogP contribution < -0.4 is 0 Å². The molecule has 6 saturated heterocycles. The summed E-state index contributed by atoms with van der Waals surface area (Å²) < 4.78 is 65.8. The lowest BCUT2D eigenvalue weighted by molar-refractivity contribution is -0.310. The summed E-state index contributed by atoms with van der Waals surface area (Å²) >= 11 is 0. The van der Waals surface area contributed by atoms with Gasteiger partial charge in [0.15, 0.2) is 23.8 Å². The Kier molecular flexibility index (Phi) is 10.2. The Labute approximate surface area is 323 Å². The molecule has 0 aliphatic carbocycles. The molecule has 11 bridgehead atoms. The van der Waals surface area contributed by atoms with Gasteiger partial charge in [-0.3, -0.25) is 0 Å². The van der Waals surface area contributed by atoms with E-state index in [-0.39, 0.29) is 12.2 Å². The summed E-state index contributed by atoms with van der Waals surface area (Å²) in [6.07, 6.45) is 2.49. The lowest BCUT2D eigenvalue weighted by Crippen LogP contribution is -2.61. The summed E-state index contributed by atoms with van der Waals surface area (Å²) in [5, 5.41) is 23.3. The van der Waals surface area contributed by atoms with Crippen molar-refractivity contribution < 1.29 is 66.8 Å². The van der Waals surface area contributed by atoms with Gasteiger partial charge in [-0.2, -0.15) is 0 Å². The number of aliphatic hydroxyl groups excluding tert-OH is 2. The number of carbonyl (C=O) groups is 2. The minimum Gasteiger partial charge on any atom is -0.504 e. The monoisotopic (exact) mass is 775 g/mol. The Morgan fingerprint density at radius 2 is 1.04 bits per heavy atom. The highest BCUT2D eigenvalue weighted by molar-refractivity contribution is 6.56. The maximum absolute atomic E-state index is 14.6. The molecule has 0 aromatic heterocycles. The van der Waals surface area contributed by atoms with Gasteiger partial charge >= 0.3 is 18.9 Å². The molecule has 3 spiro atoms. The molecular weight excluding hydrogens is 715 g/mol. The van der Waals surface area contributed by atoms with Crippen molar-refractivity contribution in [2.45, 2.75) is 192 Å². The van der Waals surface area contributed by atoms with Crippen molar-refractivity contribution in [3.05, 3.63) is 24.3 Å². The van der Waals surface area contributed by atoms with Gasteiger partial charge in [0.05, 0.1) is 48.8 Å². The molecule has 55 heavy (non-hydrogen) atoms. The van der Waals surface area contributed by atoms with Gasteiger partial charge in [-0.15, -0.1) is 0 Å². The van der Waals surface area contributed by atoms with E-state index in [0.717, 1.165) is 0 Å². The van der Waals surface area contributed by atoms with Crippen LogP contribution in [-0.4, -0.2) is 114 Å². The first kappa shape index (κ1) is 39.9. The molecule has 15 heteroatoms. The zero-order valence-electron chi connectivity index (χ0n) is 33.4. The predicted octanol–water partition coefficient (Wildman–Crippen LogP) is 4.15. The molecule has 0 amide bonds. The lowest BCUT2D eigenvalue weighted by atomic mass is 9.73. The van der Waals surface area contributed by atoms with E-state index in [4.69, 9.17) is 47.0 Å². The number of hydrogen-bond donors (Lipinski definition) is 2. The Morgan fingerprint density at radius 1 is 0.636 bits per heavy atom. The molecule has 308 valence electrons. The van der Waals surface area contributed by atoms with Crippen LogP contribution in [-0.2, 0) is 56.6 Å². The number of carbonyl (C=O) groups excluding carboxylic acids is 2. The molecular formula is C40H60BO14-. The topological polar surface area (TPSA) is 167 Å². The summed E-state index contributed by atoms with van der Waals surface area (Å²) in [5.74, 6) is -6.02. The molecule has 0 radical (unpaired) electrons. The molecule has 8 aliphatic rings. The van der Waals surface area contributed by atoms with Crippen LogP contribution in [0, 0.1) is 22.7 Å². The third-order valence-corrected chi connectivity index (χ3v) is 14.3. The van der Waals surface area contributed by atoms with E-state index in [9.17, 15) is 19.8 Å². The van der Waals surface area contributed by atoms with Crippen molar-refractivity contribution >= 4 is 18.9 Å². The van der Waals surface area contributed by atoms with E-state index in [1.54, 1.807) is 0 Å². The molecule has 0 saturated carbocycles. The van der Waals surface area contributed by atoms with E-state index in [1.807, 2.05) is 79.7 Å². The number of fused-ring (bicyclic) bond motifs is 8. The fraction of sp³-hybridized carbons (Fsp3) is 0.850. The van der Waals surface area contributed by atoms with Crippen molar-refractivity contribution in [3.63, 3.8) is 0 Å². The van der Waals surface area contributed by atoms with Gasteiger partial charge < -0.3 is 57.3 Å². The molecule has 2 unspecified atom stereocenters. The van der Waals surface area contributed by atoms with E-state index in [0.29, 0.717) is 51.4 Å². The molecule has 14 nitrogen and oxygen atoms in total. The zero-order valence-corrected chi connectivity index (χ0v) is 33.4. The van der Waals surface area contributed by atoms with E-state index >= 15 is 0 Å². The summed E-state index contributed by atoms with van der Waals surface area (Å²) in [4.78, 5) is 29.2. The predicted molar refractivity (Wildman–Crippen MR) is 194 cm³/mol. The minimum absolute atomic E-state index is 0.318. The highest BCUT2D eigenvalue weighted by atomic mass is 17.0. The average Bonchev–Trinajstić information content (AvgIpc) is 3.84. The summed E-state index contributed by atoms with van der Waals surface area (Å²) in [7, 11) is 0. The van der Waals surface area contributed by atoms with E-state index in [1.165, 1.54) is 0 Å². The Balaban J connectivity index is 1.27. The highest BCUT2D eigenvalue weighted by Crippen LogP contribution is 2.57. The van der Waals surface area contributed by atoms with Crippen molar-refractivity contribution in [3.8, 4) is 0 Å². The normalized spacial score (nSPS) is 53.3. The zero-order chi connectivity index (χ0) is 39.3. The smallest absolute Gasteiger partial charge is 0.504 e. The van der Waals surface area contributed by atoms with E-state index in [2.05, 4.69) is 0 Å². The van der Waals surface area contributed by atoms with Crippen molar-refractivity contribution in [2.24, 2.45) is 22.7 Å².